The molecule has 190 valence electrons. The van der Waals surface area contributed by atoms with Crippen LogP contribution < -0.4 is 38.5 Å². The molecular formula is C20H40N8O5. The van der Waals surface area contributed by atoms with E-state index < -0.39 is 48.4 Å². The minimum atomic E-state index is -1.16. The van der Waals surface area contributed by atoms with Gasteiger partial charge >= 0.3 is 5.97 Å². The molecule has 3 amide bonds. The van der Waals surface area contributed by atoms with E-state index in [1.54, 1.807) is 0 Å². The molecule has 0 aromatic carbocycles. The minimum Gasteiger partial charge on any atom is -0.480 e. The van der Waals surface area contributed by atoms with Crippen LogP contribution in [0.3, 0.4) is 0 Å². The molecule has 0 aliphatic heterocycles. The molecule has 0 fully saturated rings. The summed E-state index contributed by atoms with van der Waals surface area (Å²) in [6, 6.07) is -2.82. The van der Waals surface area contributed by atoms with Gasteiger partial charge in [0, 0.05) is 6.54 Å². The molecule has 0 aromatic rings. The maximum absolute atomic E-state index is 12.6. The zero-order valence-electron chi connectivity index (χ0n) is 19.5. The van der Waals surface area contributed by atoms with Gasteiger partial charge in [-0.2, -0.15) is 0 Å². The third kappa shape index (κ3) is 14.7. The van der Waals surface area contributed by atoms with Crippen LogP contribution >= 0.6 is 0 Å². The fourth-order valence-corrected chi connectivity index (χ4v) is 2.94. The summed E-state index contributed by atoms with van der Waals surface area (Å²) in [5.74, 6) is -2.97. The van der Waals surface area contributed by atoms with Crippen LogP contribution in [0.1, 0.15) is 52.4 Å². The van der Waals surface area contributed by atoms with Crippen molar-refractivity contribution in [1.82, 2.24) is 21.3 Å². The van der Waals surface area contributed by atoms with Crippen molar-refractivity contribution in [3.8, 4) is 0 Å². The summed E-state index contributed by atoms with van der Waals surface area (Å²) in [5.41, 5.74) is 16.5. The Labute approximate surface area is 194 Å². The maximum atomic E-state index is 12.6. The second kappa shape index (κ2) is 16.7. The van der Waals surface area contributed by atoms with E-state index in [9.17, 15) is 24.3 Å². The van der Waals surface area contributed by atoms with Crippen LogP contribution in [0, 0.1) is 11.3 Å². The van der Waals surface area contributed by atoms with Gasteiger partial charge in [0.05, 0.1) is 12.6 Å². The van der Waals surface area contributed by atoms with Gasteiger partial charge in [-0.05, 0) is 51.0 Å². The highest BCUT2D eigenvalue weighted by Crippen LogP contribution is 2.06. The Morgan fingerprint density at radius 2 is 1.61 bits per heavy atom. The first-order chi connectivity index (χ1) is 15.5. The molecule has 0 heterocycles. The first-order valence-electron chi connectivity index (χ1n) is 11.1. The predicted molar refractivity (Wildman–Crippen MR) is 124 cm³/mol. The van der Waals surface area contributed by atoms with Crippen molar-refractivity contribution in [2.45, 2.75) is 70.5 Å². The number of amides is 3. The van der Waals surface area contributed by atoms with Crippen LogP contribution in [0.4, 0.5) is 0 Å². The van der Waals surface area contributed by atoms with Gasteiger partial charge in [-0.25, -0.2) is 4.79 Å². The second-order valence-corrected chi connectivity index (χ2v) is 8.24. The molecule has 13 heteroatoms. The van der Waals surface area contributed by atoms with E-state index >= 15 is 0 Å². The molecule has 0 aliphatic carbocycles. The Morgan fingerprint density at radius 1 is 0.939 bits per heavy atom. The third-order valence-corrected chi connectivity index (χ3v) is 4.69. The summed E-state index contributed by atoms with van der Waals surface area (Å²) >= 11 is 0. The van der Waals surface area contributed by atoms with Gasteiger partial charge in [0.15, 0.2) is 5.96 Å². The molecule has 3 atom stereocenters. The van der Waals surface area contributed by atoms with Gasteiger partial charge in [-0.15, -0.1) is 0 Å². The summed E-state index contributed by atoms with van der Waals surface area (Å²) in [6.07, 6.45) is 2.58. The van der Waals surface area contributed by atoms with Crippen LogP contribution in [0.2, 0.25) is 0 Å². The van der Waals surface area contributed by atoms with Gasteiger partial charge in [0.2, 0.25) is 17.7 Å². The molecule has 0 radical (unpaired) electrons. The summed E-state index contributed by atoms with van der Waals surface area (Å²) in [7, 11) is 0. The van der Waals surface area contributed by atoms with Gasteiger partial charge in [0.1, 0.15) is 12.1 Å². The normalized spacial score (nSPS) is 13.5. The fourth-order valence-electron chi connectivity index (χ4n) is 2.94. The first-order valence-corrected chi connectivity index (χ1v) is 11.1. The number of aliphatic carboxylic acids is 1. The first kappa shape index (κ1) is 30.1. The number of carboxylic acids is 1. The molecule has 0 bridgehead atoms. The van der Waals surface area contributed by atoms with E-state index in [1.807, 2.05) is 13.8 Å². The van der Waals surface area contributed by atoms with Gasteiger partial charge in [-0.3, -0.25) is 19.8 Å². The Hall–Kier alpha value is -2.93. The third-order valence-electron chi connectivity index (χ3n) is 4.69. The van der Waals surface area contributed by atoms with E-state index in [0.29, 0.717) is 45.2 Å². The smallest absolute Gasteiger partial charge is 0.326 e. The molecule has 13 nitrogen and oxygen atoms in total. The monoisotopic (exact) mass is 472 g/mol. The molecule has 0 aromatic heterocycles. The number of hydrogen-bond donors (Lipinski definition) is 9. The number of carbonyl (C=O) groups excluding carboxylic acids is 3. The SMILES string of the molecule is CC(C)C[C@H](NC(=O)[C@@H](N)CCCNC(=N)N)C(=O)NCC(=O)N[C@@H](CCCCN)C(=O)O. The van der Waals surface area contributed by atoms with Crippen LogP contribution in [-0.4, -0.2) is 72.5 Å². The number of nitrogens with two attached hydrogens (primary N) is 3. The van der Waals surface area contributed by atoms with Crippen molar-refractivity contribution in [2.24, 2.45) is 23.1 Å². The predicted octanol–water partition coefficient (Wildman–Crippen LogP) is -2.08. The number of carboxylic acid groups (broad SMARTS) is 1. The summed E-state index contributed by atoms with van der Waals surface area (Å²) in [4.78, 5) is 48.4. The lowest BCUT2D eigenvalue weighted by Crippen LogP contribution is -2.53. The molecule has 0 aliphatic rings. The van der Waals surface area contributed by atoms with Crippen LogP contribution in [0.15, 0.2) is 0 Å². The number of rotatable bonds is 17. The minimum absolute atomic E-state index is 0.0739. The lowest BCUT2D eigenvalue weighted by atomic mass is 10.0. The van der Waals surface area contributed by atoms with Crippen molar-refractivity contribution >= 4 is 29.7 Å². The number of guanidine groups is 1. The van der Waals surface area contributed by atoms with Gasteiger partial charge < -0.3 is 43.6 Å². The number of nitrogens with one attached hydrogen (secondary N) is 5. The molecule has 0 saturated heterocycles. The van der Waals surface area contributed by atoms with Crippen molar-refractivity contribution < 1.29 is 24.3 Å². The van der Waals surface area contributed by atoms with Crippen LogP contribution in [0.25, 0.3) is 0 Å². The van der Waals surface area contributed by atoms with Gasteiger partial charge in [0.25, 0.3) is 0 Å². The van der Waals surface area contributed by atoms with Crippen LogP contribution in [0.5, 0.6) is 0 Å². The van der Waals surface area contributed by atoms with E-state index in [4.69, 9.17) is 22.6 Å². The summed E-state index contributed by atoms with van der Waals surface area (Å²) in [6.45, 7) is 4.16. The fraction of sp³-hybridized carbons (Fsp3) is 0.750. The number of carbonyl (C=O) groups is 4. The van der Waals surface area contributed by atoms with Crippen molar-refractivity contribution in [1.29, 1.82) is 5.41 Å². The zero-order chi connectivity index (χ0) is 25.4. The Morgan fingerprint density at radius 3 is 2.15 bits per heavy atom. The summed E-state index contributed by atoms with van der Waals surface area (Å²) < 4.78 is 0. The van der Waals surface area contributed by atoms with E-state index in [-0.39, 0.29) is 18.3 Å². The molecule has 12 N–H and O–H groups in total. The lowest BCUT2D eigenvalue weighted by molar-refractivity contribution is -0.142. The average Bonchev–Trinajstić information content (AvgIpc) is 2.73. The molecule has 33 heavy (non-hydrogen) atoms. The molecule has 0 unspecified atom stereocenters. The highest BCUT2D eigenvalue weighted by Gasteiger charge is 2.25. The van der Waals surface area contributed by atoms with E-state index in [1.165, 1.54) is 0 Å². The zero-order valence-corrected chi connectivity index (χ0v) is 19.5. The highest BCUT2D eigenvalue weighted by molar-refractivity contribution is 5.92. The lowest BCUT2D eigenvalue weighted by Gasteiger charge is -2.22. The number of unbranched alkanes of at least 4 members (excludes halogenated alkanes) is 1. The molecule has 0 rings (SSSR count). The van der Waals surface area contributed by atoms with Crippen molar-refractivity contribution in [3.63, 3.8) is 0 Å². The maximum Gasteiger partial charge on any atom is 0.326 e. The van der Waals surface area contributed by atoms with E-state index in [0.717, 1.165) is 0 Å². The topological polar surface area (TPSA) is 239 Å². The van der Waals surface area contributed by atoms with Crippen molar-refractivity contribution in [3.05, 3.63) is 0 Å². The molecular weight excluding hydrogens is 432 g/mol. The quantitative estimate of drug-likeness (QED) is 0.0640. The van der Waals surface area contributed by atoms with Crippen LogP contribution in [-0.2, 0) is 19.2 Å². The average molecular weight is 473 g/mol. The number of hydrogen-bond acceptors (Lipinski definition) is 7. The highest BCUT2D eigenvalue weighted by atomic mass is 16.4. The Bertz CT molecular complexity index is 658. The van der Waals surface area contributed by atoms with Gasteiger partial charge in [-0.1, -0.05) is 13.8 Å². The second-order valence-electron chi connectivity index (χ2n) is 8.24. The van der Waals surface area contributed by atoms with E-state index in [2.05, 4.69) is 21.3 Å². The standard InChI is InChI=1S/C20H40N8O5/c1-12(2)10-15(28-17(30)13(22)6-5-9-25-20(23)24)18(31)26-11-16(29)27-14(19(32)33)7-3-4-8-21/h12-15H,3-11,21-22H2,1-2H3,(H,26,31)(H,27,29)(H,28,30)(H,32,33)(H4,23,24,25)/t13-,14-,15-/m0/s1. The molecule has 0 saturated carbocycles. The summed E-state index contributed by atoms with van der Waals surface area (Å²) in [5, 5.41) is 26.4. The Kier molecular flexibility index (Phi) is 15.2. The Balaban J connectivity index is 4.72. The van der Waals surface area contributed by atoms with Crippen molar-refractivity contribution in [2.75, 3.05) is 19.6 Å². The molecule has 0 spiro atoms. The largest absolute Gasteiger partial charge is 0.480 e.